The molecule has 2 N–H and O–H groups in total. The van der Waals surface area contributed by atoms with E-state index in [9.17, 15) is 0 Å². The summed E-state index contributed by atoms with van der Waals surface area (Å²) in [5.74, 6) is 0. The highest BCUT2D eigenvalue weighted by Crippen LogP contribution is 2.21. The van der Waals surface area contributed by atoms with Crippen molar-refractivity contribution in [3.8, 4) is 0 Å². The van der Waals surface area contributed by atoms with E-state index in [0.29, 0.717) is 6.10 Å². The lowest BCUT2D eigenvalue weighted by Gasteiger charge is -2.41. The minimum atomic E-state index is 0.485. The molecule has 2 fully saturated rings. The van der Waals surface area contributed by atoms with E-state index in [1.807, 2.05) is 0 Å². The molecule has 18 heavy (non-hydrogen) atoms. The van der Waals surface area contributed by atoms with Gasteiger partial charge in [0.15, 0.2) is 0 Å². The van der Waals surface area contributed by atoms with Crippen molar-refractivity contribution in [1.82, 2.24) is 9.80 Å². The Hall–Kier alpha value is -0.160. The Morgan fingerprint density at radius 1 is 1.06 bits per heavy atom. The topological polar surface area (TPSA) is 41.7 Å². The fraction of sp³-hybridized carbons (Fsp3) is 1.00. The first-order valence-corrected chi connectivity index (χ1v) is 7.54. The quantitative estimate of drug-likeness (QED) is 0.742. The van der Waals surface area contributed by atoms with E-state index in [0.717, 1.165) is 25.6 Å². The molecule has 0 spiro atoms. The largest absolute Gasteiger partial charge is 0.378 e. The Bertz CT molecular complexity index is 221. The van der Waals surface area contributed by atoms with Crippen LogP contribution in [0.5, 0.6) is 0 Å². The summed E-state index contributed by atoms with van der Waals surface area (Å²) in [5, 5.41) is 0. The fourth-order valence-electron chi connectivity index (χ4n) is 3.10. The van der Waals surface area contributed by atoms with Gasteiger partial charge in [-0.2, -0.15) is 0 Å². The highest BCUT2D eigenvalue weighted by atomic mass is 16.5. The molecule has 4 nitrogen and oxygen atoms in total. The van der Waals surface area contributed by atoms with Gasteiger partial charge in [-0.25, -0.2) is 0 Å². The monoisotopic (exact) mass is 255 g/mol. The average molecular weight is 255 g/mol. The van der Waals surface area contributed by atoms with E-state index in [1.165, 1.54) is 51.9 Å². The van der Waals surface area contributed by atoms with Crippen molar-refractivity contribution in [3.05, 3.63) is 0 Å². The first kappa shape index (κ1) is 14.3. The third-order valence-electron chi connectivity index (χ3n) is 4.38. The predicted molar refractivity (Wildman–Crippen MR) is 74.7 cm³/mol. The van der Waals surface area contributed by atoms with E-state index in [2.05, 4.69) is 16.8 Å². The number of nitrogens with zero attached hydrogens (tertiary/aromatic N) is 2. The molecule has 0 aromatic carbocycles. The lowest BCUT2D eigenvalue weighted by atomic mass is 9.99. The van der Waals surface area contributed by atoms with Crippen molar-refractivity contribution < 1.29 is 4.74 Å². The molecule has 2 aliphatic heterocycles. The highest BCUT2D eigenvalue weighted by Gasteiger charge is 2.27. The normalized spacial score (nSPS) is 25.7. The van der Waals surface area contributed by atoms with Crippen LogP contribution >= 0.6 is 0 Å². The van der Waals surface area contributed by atoms with Gasteiger partial charge in [0.05, 0.1) is 6.10 Å². The van der Waals surface area contributed by atoms with Crippen LogP contribution in [-0.4, -0.2) is 68.3 Å². The molecule has 0 unspecified atom stereocenters. The molecule has 0 radical (unpaired) electrons. The lowest BCUT2D eigenvalue weighted by Crippen LogP contribution is -2.48. The maximum atomic E-state index is 5.86. The lowest BCUT2D eigenvalue weighted by molar-refractivity contribution is -0.00887. The average Bonchev–Trinajstić information content (AvgIpc) is 2.41. The number of hydrogen-bond donors (Lipinski definition) is 1. The zero-order valence-electron chi connectivity index (χ0n) is 11.8. The van der Waals surface area contributed by atoms with E-state index in [-0.39, 0.29) is 0 Å². The van der Waals surface area contributed by atoms with Crippen molar-refractivity contribution in [1.29, 1.82) is 0 Å². The molecule has 0 aromatic rings. The molecule has 4 heteroatoms. The van der Waals surface area contributed by atoms with Gasteiger partial charge in [0.1, 0.15) is 0 Å². The van der Waals surface area contributed by atoms with Gasteiger partial charge in [0.2, 0.25) is 0 Å². The van der Waals surface area contributed by atoms with Gasteiger partial charge >= 0.3 is 0 Å². The standard InChI is InChI=1S/C14H29N3O/c1-16-8-3-13(4-9-16)17-10-5-14(6-11-17)18-12-2-7-15/h13-14H,2-12,15H2,1H3. The van der Waals surface area contributed by atoms with Gasteiger partial charge in [0, 0.05) is 25.7 Å². The van der Waals surface area contributed by atoms with Crippen LogP contribution in [0.1, 0.15) is 32.1 Å². The Morgan fingerprint density at radius 2 is 1.72 bits per heavy atom. The summed E-state index contributed by atoms with van der Waals surface area (Å²) in [6.45, 7) is 6.56. The van der Waals surface area contributed by atoms with Crippen LogP contribution in [0.3, 0.4) is 0 Å². The zero-order valence-corrected chi connectivity index (χ0v) is 11.8. The molecule has 0 amide bonds. The summed E-state index contributed by atoms with van der Waals surface area (Å²) in [4.78, 5) is 5.13. The minimum Gasteiger partial charge on any atom is -0.378 e. The summed E-state index contributed by atoms with van der Waals surface area (Å²) in [5.41, 5.74) is 5.48. The van der Waals surface area contributed by atoms with Crippen LogP contribution in [0.2, 0.25) is 0 Å². The van der Waals surface area contributed by atoms with Gasteiger partial charge < -0.3 is 20.3 Å². The Balaban J connectivity index is 1.63. The van der Waals surface area contributed by atoms with Crippen molar-refractivity contribution in [3.63, 3.8) is 0 Å². The van der Waals surface area contributed by atoms with Crippen LogP contribution in [0.15, 0.2) is 0 Å². The van der Waals surface area contributed by atoms with Gasteiger partial charge in [-0.15, -0.1) is 0 Å². The molecule has 0 atom stereocenters. The number of rotatable bonds is 5. The third-order valence-corrected chi connectivity index (χ3v) is 4.38. The Kier molecular flexibility index (Phi) is 5.89. The fourth-order valence-corrected chi connectivity index (χ4v) is 3.10. The summed E-state index contributed by atoms with van der Waals surface area (Å²) in [6, 6.07) is 0.825. The summed E-state index contributed by atoms with van der Waals surface area (Å²) in [6.07, 6.45) is 6.58. The second-order valence-corrected chi connectivity index (χ2v) is 5.78. The molecule has 0 aromatic heterocycles. The molecule has 0 bridgehead atoms. The molecule has 2 saturated heterocycles. The molecule has 2 heterocycles. The molecule has 0 aliphatic carbocycles. The van der Waals surface area contributed by atoms with E-state index < -0.39 is 0 Å². The number of piperidine rings is 2. The third kappa shape index (κ3) is 4.19. The van der Waals surface area contributed by atoms with Gasteiger partial charge in [0.25, 0.3) is 0 Å². The molecule has 0 saturated carbocycles. The van der Waals surface area contributed by atoms with Gasteiger partial charge in [-0.1, -0.05) is 0 Å². The van der Waals surface area contributed by atoms with E-state index >= 15 is 0 Å². The summed E-state index contributed by atoms with van der Waals surface area (Å²) in [7, 11) is 2.23. The number of likely N-dealkylation sites (tertiary alicyclic amines) is 2. The van der Waals surface area contributed by atoms with Crippen LogP contribution in [0, 0.1) is 0 Å². The summed E-state index contributed by atoms with van der Waals surface area (Å²) >= 11 is 0. The van der Waals surface area contributed by atoms with Crippen molar-refractivity contribution in [2.75, 3.05) is 46.4 Å². The van der Waals surface area contributed by atoms with E-state index in [1.54, 1.807) is 0 Å². The number of hydrogen-bond acceptors (Lipinski definition) is 4. The first-order valence-electron chi connectivity index (χ1n) is 7.54. The van der Waals surface area contributed by atoms with Crippen LogP contribution < -0.4 is 5.73 Å². The van der Waals surface area contributed by atoms with Crippen LogP contribution in [0.25, 0.3) is 0 Å². The van der Waals surface area contributed by atoms with Crippen LogP contribution in [-0.2, 0) is 4.74 Å². The maximum absolute atomic E-state index is 5.86. The zero-order chi connectivity index (χ0) is 12.8. The predicted octanol–water partition coefficient (Wildman–Crippen LogP) is 0.910. The van der Waals surface area contributed by atoms with Crippen molar-refractivity contribution >= 4 is 0 Å². The molecule has 2 rings (SSSR count). The smallest absolute Gasteiger partial charge is 0.0599 e. The molecule has 106 valence electrons. The number of ether oxygens (including phenoxy) is 1. The SMILES string of the molecule is CN1CCC(N2CCC(OCCCN)CC2)CC1. The van der Waals surface area contributed by atoms with Gasteiger partial charge in [-0.3, -0.25) is 0 Å². The van der Waals surface area contributed by atoms with Crippen molar-refractivity contribution in [2.45, 2.75) is 44.2 Å². The second-order valence-electron chi connectivity index (χ2n) is 5.78. The maximum Gasteiger partial charge on any atom is 0.0599 e. The Morgan fingerprint density at radius 3 is 2.33 bits per heavy atom. The molecular formula is C14H29N3O. The highest BCUT2D eigenvalue weighted by molar-refractivity contribution is 4.82. The Labute approximate surface area is 111 Å². The van der Waals surface area contributed by atoms with E-state index in [4.69, 9.17) is 10.5 Å². The second kappa shape index (κ2) is 7.43. The van der Waals surface area contributed by atoms with Crippen molar-refractivity contribution in [2.24, 2.45) is 5.73 Å². The first-order chi connectivity index (χ1) is 8.79. The molecular weight excluding hydrogens is 226 g/mol. The number of nitrogens with two attached hydrogens (primary N) is 1. The van der Waals surface area contributed by atoms with Gasteiger partial charge in [-0.05, 0) is 58.8 Å². The van der Waals surface area contributed by atoms with Crippen LogP contribution in [0.4, 0.5) is 0 Å². The molecule has 2 aliphatic rings. The summed E-state index contributed by atoms with van der Waals surface area (Å²) < 4.78 is 5.86. The minimum absolute atomic E-state index is 0.485.